The molecule has 0 bridgehead atoms. The van der Waals surface area contributed by atoms with Crippen LogP contribution < -0.4 is 10.3 Å². The molecule has 0 saturated carbocycles. The highest BCUT2D eigenvalue weighted by molar-refractivity contribution is 5.77. The molecule has 0 aliphatic carbocycles. The molecule has 2 aromatic carbocycles. The SMILES string of the molecule is CCc1ccc(OC[C@H](O)Cn2cnc3cc(F)ccc3c2=O)cc1. The number of aliphatic hydroxyl groups is 1. The summed E-state index contributed by atoms with van der Waals surface area (Å²) in [7, 11) is 0. The molecule has 1 aromatic heterocycles. The van der Waals surface area contributed by atoms with Crippen LogP contribution in [0.1, 0.15) is 12.5 Å². The third-order valence-electron chi connectivity index (χ3n) is 3.97. The predicted molar refractivity (Wildman–Crippen MR) is 93.3 cm³/mol. The highest BCUT2D eigenvalue weighted by Crippen LogP contribution is 2.13. The third-order valence-corrected chi connectivity index (χ3v) is 3.97. The van der Waals surface area contributed by atoms with Gasteiger partial charge in [-0.1, -0.05) is 19.1 Å². The Morgan fingerprint density at radius 3 is 2.72 bits per heavy atom. The first kappa shape index (κ1) is 17.1. The largest absolute Gasteiger partial charge is 0.491 e. The molecule has 0 amide bonds. The zero-order chi connectivity index (χ0) is 17.8. The fraction of sp³-hybridized carbons (Fsp3) is 0.263. The van der Waals surface area contributed by atoms with Crippen molar-refractivity contribution < 1.29 is 14.2 Å². The summed E-state index contributed by atoms with van der Waals surface area (Å²) in [6.45, 7) is 2.18. The summed E-state index contributed by atoms with van der Waals surface area (Å²) in [6.07, 6.45) is 1.39. The van der Waals surface area contributed by atoms with Gasteiger partial charge in [-0.2, -0.15) is 0 Å². The Morgan fingerprint density at radius 2 is 2.00 bits per heavy atom. The maximum atomic E-state index is 13.2. The van der Waals surface area contributed by atoms with Crippen molar-refractivity contribution in [2.75, 3.05) is 6.61 Å². The van der Waals surface area contributed by atoms with E-state index in [1.807, 2.05) is 24.3 Å². The topological polar surface area (TPSA) is 64.3 Å². The Morgan fingerprint density at radius 1 is 1.24 bits per heavy atom. The number of aryl methyl sites for hydroxylation is 1. The number of fused-ring (bicyclic) bond motifs is 1. The summed E-state index contributed by atoms with van der Waals surface area (Å²) in [5.74, 6) is 0.218. The molecule has 0 unspecified atom stereocenters. The molecule has 1 heterocycles. The number of aliphatic hydroxyl groups excluding tert-OH is 1. The Balaban J connectivity index is 1.67. The normalized spacial score (nSPS) is 12.3. The number of benzene rings is 2. The average Bonchev–Trinajstić information content (AvgIpc) is 2.62. The van der Waals surface area contributed by atoms with Crippen LogP contribution in [0.3, 0.4) is 0 Å². The lowest BCUT2D eigenvalue weighted by Crippen LogP contribution is -2.30. The maximum absolute atomic E-state index is 13.2. The van der Waals surface area contributed by atoms with Gasteiger partial charge in [0.15, 0.2) is 0 Å². The van der Waals surface area contributed by atoms with Crippen LogP contribution in [0, 0.1) is 5.82 Å². The first-order valence-electron chi connectivity index (χ1n) is 8.11. The van der Waals surface area contributed by atoms with Gasteiger partial charge in [0.1, 0.15) is 24.3 Å². The molecule has 3 aromatic rings. The Hall–Kier alpha value is -2.73. The van der Waals surface area contributed by atoms with E-state index in [-0.39, 0.29) is 18.7 Å². The van der Waals surface area contributed by atoms with E-state index < -0.39 is 11.9 Å². The Bertz CT molecular complexity index is 922. The number of nitrogens with zero attached hydrogens (tertiary/aromatic N) is 2. The lowest BCUT2D eigenvalue weighted by molar-refractivity contribution is 0.0915. The summed E-state index contributed by atoms with van der Waals surface area (Å²) < 4.78 is 20.0. The van der Waals surface area contributed by atoms with Crippen molar-refractivity contribution in [2.24, 2.45) is 0 Å². The summed E-state index contributed by atoms with van der Waals surface area (Å²) in [5.41, 5.74) is 1.18. The van der Waals surface area contributed by atoms with E-state index in [4.69, 9.17) is 4.74 Å². The maximum Gasteiger partial charge on any atom is 0.261 e. The summed E-state index contributed by atoms with van der Waals surface area (Å²) >= 11 is 0. The Labute approximate surface area is 144 Å². The number of halogens is 1. The summed E-state index contributed by atoms with van der Waals surface area (Å²) in [4.78, 5) is 16.4. The highest BCUT2D eigenvalue weighted by Gasteiger charge is 2.11. The van der Waals surface area contributed by atoms with Gasteiger partial charge in [-0.05, 0) is 36.2 Å². The second-order valence-electron chi connectivity index (χ2n) is 5.83. The average molecular weight is 342 g/mol. The molecular formula is C19H19FN2O3. The zero-order valence-corrected chi connectivity index (χ0v) is 13.9. The van der Waals surface area contributed by atoms with Gasteiger partial charge in [-0.3, -0.25) is 9.36 Å². The van der Waals surface area contributed by atoms with Gasteiger partial charge in [-0.25, -0.2) is 9.37 Å². The summed E-state index contributed by atoms with van der Waals surface area (Å²) in [5, 5.41) is 10.4. The predicted octanol–water partition coefficient (Wildman–Crippen LogP) is 2.54. The number of rotatable bonds is 6. The van der Waals surface area contributed by atoms with Crippen LogP contribution in [0.2, 0.25) is 0 Å². The van der Waals surface area contributed by atoms with Crippen molar-refractivity contribution in [3.63, 3.8) is 0 Å². The molecule has 5 nitrogen and oxygen atoms in total. The first-order chi connectivity index (χ1) is 12.1. The van der Waals surface area contributed by atoms with E-state index >= 15 is 0 Å². The van der Waals surface area contributed by atoms with Crippen molar-refractivity contribution >= 4 is 10.9 Å². The Kier molecular flexibility index (Phi) is 5.09. The molecule has 0 fully saturated rings. The van der Waals surface area contributed by atoms with Crippen LogP contribution >= 0.6 is 0 Å². The minimum Gasteiger partial charge on any atom is -0.491 e. The summed E-state index contributed by atoms with van der Waals surface area (Å²) in [6, 6.07) is 11.5. The molecule has 130 valence electrons. The molecule has 1 atom stereocenters. The second-order valence-corrected chi connectivity index (χ2v) is 5.83. The zero-order valence-electron chi connectivity index (χ0n) is 13.9. The standard InChI is InChI=1S/C19H19FN2O3/c1-2-13-3-6-16(7-4-13)25-11-15(23)10-22-12-21-18-9-14(20)5-8-17(18)19(22)24/h3-9,12,15,23H,2,10-11H2,1H3/t15-/m1/s1. The number of hydrogen-bond acceptors (Lipinski definition) is 4. The van der Waals surface area contributed by atoms with Crippen molar-refractivity contribution in [3.8, 4) is 5.75 Å². The van der Waals surface area contributed by atoms with Crippen LogP contribution in [0.15, 0.2) is 53.6 Å². The van der Waals surface area contributed by atoms with Gasteiger partial charge in [0, 0.05) is 6.07 Å². The van der Waals surface area contributed by atoms with E-state index in [2.05, 4.69) is 11.9 Å². The highest BCUT2D eigenvalue weighted by atomic mass is 19.1. The monoisotopic (exact) mass is 342 g/mol. The molecule has 3 rings (SSSR count). The molecule has 0 aliphatic heterocycles. The molecule has 1 N–H and O–H groups in total. The molecule has 25 heavy (non-hydrogen) atoms. The van der Waals surface area contributed by atoms with Crippen molar-refractivity contribution in [3.05, 3.63) is 70.5 Å². The fourth-order valence-electron chi connectivity index (χ4n) is 2.56. The van der Waals surface area contributed by atoms with E-state index in [0.717, 1.165) is 6.42 Å². The molecular weight excluding hydrogens is 323 g/mol. The van der Waals surface area contributed by atoms with Crippen LogP contribution in [0.5, 0.6) is 5.75 Å². The number of aromatic nitrogens is 2. The second kappa shape index (κ2) is 7.44. The molecule has 0 radical (unpaired) electrons. The molecule has 0 spiro atoms. The van der Waals surface area contributed by atoms with E-state index in [0.29, 0.717) is 16.7 Å². The number of ether oxygens (including phenoxy) is 1. The van der Waals surface area contributed by atoms with E-state index in [1.54, 1.807) is 0 Å². The lowest BCUT2D eigenvalue weighted by Gasteiger charge is -2.14. The quantitative estimate of drug-likeness (QED) is 0.748. The minimum atomic E-state index is -0.872. The van der Waals surface area contributed by atoms with Gasteiger partial charge < -0.3 is 9.84 Å². The van der Waals surface area contributed by atoms with Gasteiger partial charge in [0.05, 0.1) is 23.8 Å². The minimum absolute atomic E-state index is 0.0478. The van der Waals surface area contributed by atoms with Crippen LogP contribution in [0.25, 0.3) is 10.9 Å². The molecule has 0 aliphatic rings. The van der Waals surface area contributed by atoms with Crippen LogP contribution in [0.4, 0.5) is 4.39 Å². The fourth-order valence-corrected chi connectivity index (χ4v) is 2.56. The van der Waals surface area contributed by atoms with Crippen LogP contribution in [-0.4, -0.2) is 27.4 Å². The van der Waals surface area contributed by atoms with Crippen LogP contribution in [-0.2, 0) is 13.0 Å². The van der Waals surface area contributed by atoms with Gasteiger partial charge in [0.2, 0.25) is 0 Å². The lowest BCUT2D eigenvalue weighted by atomic mass is 10.2. The van der Waals surface area contributed by atoms with Gasteiger partial charge >= 0.3 is 0 Å². The third kappa shape index (κ3) is 4.03. The molecule has 0 saturated heterocycles. The first-order valence-corrected chi connectivity index (χ1v) is 8.11. The van der Waals surface area contributed by atoms with Crippen molar-refractivity contribution in [2.45, 2.75) is 26.0 Å². The van der Waals surface area contributed by atoms with Crippen molar-refractivity contribution in [1.82, 2.24) is 9.55 Å². The molecule has 6 heteroatoms. The smallest absolute Gasteiger partial charge is 0.261 e. The van der Waals surface area contributed by atoms with E-state index in [9.17, 15) is 14.3 Å². The van der Waals surface area contributed by atoms with Gasteiger partial charge in [-0.15, -0.1) is 0 Å². The van der Waals surface area contributed by atoms with Gasteiger partial charge in [0.25, 0.3) is 5.56 Å². The number of hydrogen-bond donors (Lipinski definition) is 1. The van der Waals surface area contributed by atoms with E-state index in [1.165, 1.54) is 34.7 Å². The van der Waals surface area contributed by atoms with Crippen molar-refractivity contribution in [1.29, 1.82) is 0 Å².